The van der Waals surface area contributed by atoms with Crippen LogP contribution in [-0.2, 0) is 14.3 Å². The van der Waals surface area contributed by atoms with Gasteiger partial charge in [-0.15, -0.1) is 0 Å². The third-order valence-corrected chi connectivity index (χ3v) is 1.07. The van der Waals surface area contributed by atoms with Gasteiger partial charge in [-0.1, -0.05) is 6.58 Å². The first kappa shape index (κ1) is 11.2. The molecule has 0 atom stereocenters. The number of carboxylic acid groups (broad SMARTS) is 1. The number of esters is 1. The minimum atomic E-state index is -1.14. The number of ether oxygens (including phenoxy) is 1. The van der Waals surface area contributed by atoms with Crippen LogP contribution in [0.15, 0.2) is 24.5 Å². The molecule has 0 heterocycles. The third kappa shape index (κ3) is 5.49. The molecule has 0 spiro atoms. The lowest BCUT2D eigenvalue weighted by Crippen LogP contribution is -2.10. The number of rotatable bonds is 5. The standard InChI is InChI=1S/C8H10O5/c1-6(5-7(10)11)8(12)13-4-2-3-9/h2-3,9H,1,4-5H2,(H,10,11). The number of carbonyl (C=O) groups is 2. The lowest BCUT2D eigenvalue weighted by Gasteiger charge is -2.01. The van der Waals surface area contributed by atoms with Crippen LogP contribution in [0.3, 0.4) is 0 Å². The van der Waals surface area contributed by atoms with E-state index in [1.54, 1.807) is 0 Å². The average Bonchev–Trinajstić information content (AvgIpc) is 2.03. The van der Waals surface area contributed by atoms with Crippen LogP contribution < -0.4 is 0 Å². The molecule has 2 N–H and O–H groups in total. The number of carbonyl (C=O) groups excluding carboxylic acids is 1. The van der Waals surface area contributed by atoms with E-state index in [9.17, 15) is 9.59 Å². The summed E-state index contributed by atoms with van der Waals surface area (Å²) >= 11 is 0. The van der Waals surface area contributed by atoms with Gasteiger partial charge in [-0.25, -0.2) is 4.79 Å². The molecule has 0 saturated carbocycles. The lowest BCUT2D eigenvalue weighted by molar-refractivity contribution is -0.142. The summed E-state index contributed by atoms with van der Waals surface area (Å²) in [5.74, 6) is -1.92. The summed E-state index contributed by atoms with van der Waals surface area (Å²) in [6.45, 7) is 3.13. The van der Waals surface area contributed by atoms with Gasteiger partial charge in [0.1, 0.15) is 6.61 Å². The summed E-state index contributed by atoms with van der Waals surface area (Å²) in [7, 11) is 0. The van der Waals surface area contributed by atoms with Gasteiger partial charge in [0.2, 0.25) is 0 Å². The molecule has 0 radical (unpaired) electrons. The van der Waals surface area contributed by atoms with Crippen molar-refractivity contribution in [3.05, 3.63) is 24.5 Å². The van der Waals surface area contributed by atoms with Crippen LogP contribution in [-0.4, -0.2) is 28.8 Å². The Morgan fingerprint density at radius 2 is 2.08 bits per heavy atom. The molecule has 0 aromatic rings. The second-order valence-electron chi connectivity index (χ2n) is 2.16. The minimum absolute atomic E-state index is 0.103. The topological polar surface area (TPSA) is 83.8 Å². The molecule has 0 aromatic carbocycles. The number of hydrogen-bond donors (Lipinski definition) is 2. The molecule has 0 fully saturated rings. The molecule has 0 unspecified atom stereocenters. The maximum atomic E-state index is 10.9. The summed E-state index contributed by atoms with van der Waals surface area (Å²) in [4.78, 5) is 21.0. The van der Waals surface area contributed by atoms with E-state index < -0.39 is 18.4 Å². The van der Waals surface area contributed by atoms with Crippen molar-refractivity contribution in [3.8, 4) is 0 Å². The molecular formula is C8H10O5. The first-order chi connectivity index (χ1) is 6.07. The van der Waals surface area contributed by atoms with Gasteiger partial charge in [-0.05, 0) is 6.08 Å². The lowest BCUT2D eigenvalue weighted by atomic mass is 10.2. The molecule has 0 aromatic heterocycles. The Labute approximate surface area is 74.9 Å². The highest BCUT2D eigenvalue weighted by Gasteiger charge is 2.11. The van der Waals surface area contributed by atoms with E-state index in [-0.39, 0.29) is 12.2 Å². The van der Waals surface area contributed by atoms with Gasteiger partial charge in [-0.3, -0.25) is 4.79 Å². The van der Waals surface area contributed by atoms with Gasteiger partial charge in [-0.2, -0.15) is 0 Å². The average molecular weight is 186 g/mol. The summed E-state index contributed by atoms with van der Waals surface area (Å²) < 4.78 is 4.50. The predicted molar refractivity (Wildman–Crippen MR) is 44.1 cm³/mol. The second kappa shape index (κ2) is 5.82. The van der Waals surface area contributed by atoms with Crippen molar-refractivity contribution in [2.45, 2.75) is 6.42 Å². The molecule has 0 saturated heterocycles. The number of aliphatic carboxylic acids is 1. The first-order valence-corrected chi connectivity index (χ1v) is 3.44. The zero-order valence-corrected chi connectivity index (χ0v) is 6.90. The predicted octanol–water partition coefficient (Wildman–Crippen LogP) is 0.632. The summed E-state index contributed by atoms with van der Waals surface area (Å²) in [5.41, 5.74) is -0.126. The molecule has 0 amide bonds. The molecular weight excluding hydrogens is 176 g/mol. The third-order valence-electron chi connectivity index (χ3n) is 1.07. The fourth-order valence-corrected chi connectivity index (χ4v) is 0.524. The van der Waals surface area contributed by atoms with Gasteiger partial charge < -0.3 is 14.9 Å². The second-order valence-corrected chi connectivity index (χ2v) is 2.16. The highest BCUT2D eigenvalue weighted by Crippen LogP contribution is 2.00. The smallest absolute Gasteiger partial charge is 0.334 e. The normalized spacial score (nSPS) is 9.85. The molecule has 0 aliphatic heterocycles. The summed E-state index contributed by atoms with van der Waals surface area (Å²) in [5, 5.41) is 16.5. The van der Waals surface area contributed by atoms with Crippen LogP contribution in [0.4, 0.5) is 0 Å². The van der Waals surface area contributed by atoms with Gasteiger partial charge in [0.25, 0.3) is 0 Å². The van der Waals surface area contributed by atoms with Gasteiger partial charge in [0.15, 0.2) is 0 Å². The molecule has 0 rings (SSSR count). The highest BCUT2D eigenvalue weighted by atomic mass is 16.5. The molecule has 5 nitrogen and oxygen atoms in total. The van der Waals surface area contributed by atoms with Crippen LogP contribution >= 0.6 is 0 Å². The number of aliphatic hydroxyl groups excluding tert-OH is 1. The minimum Gasteiger partial charge on any atom is -0.516 e. The van der Waals surface area contributed by atoms with E-state index in [4.69, 9.17) is 10.2 Å². The SMILES string of the molecule is C=C(CC(=O)O)C(=O)OCC=CO. The van der Waals surface area contributed by atoms with Crippen molar-refractivity contribution in [1.29, 1.82) is 0 Å². The van der Waals surface area contributed by atoms with E-state index >= 15 is 0 Å². The first-order valence-electron chi connectivity index (χ1n) is 3.44. The zero-order valence-electron chi connectivity index (χ0n) is 6.90. The van der Waals surface area contributed by atoms with E-state index in [1.165, 1.54) is 6.08 Å². The monoisotopic (exact) mass is 186 g/mol. The Kier molecular flexibility index (Phi) is 5.02. The van der Waals surface area contributed by atoms with E-state index in [2.05, 4.69) is 11.3 Å². The Balaban J connectivity index is 3.83. The van der Waals surface area contributed by atoms with Crippen molar-refractivity contribution >= 4 is 11.9 Å². The largest absolute Gasteiger partial charge is 0.516 e. The van der Waals surface area contributed by atoms with E-state index in [0.29, 0.717) is 0 Å². The van der Waals surface area contributed by atoms with Crippen molar-refractivity contribution in [2.75, 3.05) is 6.61 Å². The van der Waals surface area contributed by atoms with Crippen molar-refractivity contribution in [3.63, 3.8) is 0 Å². The molecule has 72 valence electrons. The quantitative estimate of drug-likeness (QED) is 0.374. The fraction of sp³-hybridized carbons (Fsp3) is 0.250. The van der Waals surface area contributed by atoms with Crippen molar-refractivity contribution < 1.29 is 24.5 Å². The maximum Gasteiger partial charge on any atom is 0.334 e. The van der Waals surface area contributed by atoms with Gasteiger partial charge in [0, 0.05) is 5.57 Å². The van der Waals surface area contributed by atoms with E-state index in [1.807, 2.05) is 0 Å². The molecule has 0 aliphatic carbocycles. The summed E-state index contributed by atoms with van der Waals surface area (Å²) in [6.07, 6.45) is 1.49. The van der Waals surface area contributed by atoms with Gasteiger partial charge in [0.05, 0.1) is 12.7 Å². The molecule has 0 bridgehead atoms. The van der Waals surface area contributed by atoms with Crippen LogP contribution in [0.1, 0.15) is 6.42 Å². The highest BCUT2D eigenvalue weighted by molar-refractivity contribution is 5.92. The van der Waals surface area contributed by atoms with Crippen molar-refractivity contribution in [2.24, 2.45) is 0 Å². The molecule has 13 heavy (non-hydrogen) atoms. The van der Waals surface area contributed by atoms with Gasteiger partial charge >= 0.3 is 11.9 Å². The Hall–Kier alpha value is -1.78. The van der Waals surface area contributed by atoms with Crippen LogP contribution in [0.5, 0.6) is 0 Å². The maximum absolute atomic E-state index is 10.9. The zero-order chi connectivity index (χ0) is 10.3. The van der Waals surface area contributed by atoms with Crippen LogP contribution in [0.2, 0.25) is 0 Å². The molecule has 5 heteroatoms. The van der Waals surface area contributed by atoms with Crippen LogP contribution in [0.25, 0.3) is 0 Å². The molecule has 0 aliphatic rings. The Bertz CT molecular complexity index is 241. The Morgan fingerprint density at radius 1 is 1.46 bits per heavy atom. The number of hydrogen-bond acceptors (Lipinski definition) is 4. The summed E-state index contributed by atoms with van der Waals surface area (Å²) in [6, 6.07) is 0. The number of aliphatic hydroxyl groups is 1. The fourth-order valence-electron chi connectivity index (χ4n) is 0.524. The van der Waals surface area contributed by atoms with Crippen molar-refractivity contribution in [1.82, 2.24) is 0 Å². The number of carboxylic acids is 1. The Morgan fingerprint density at radius 3 is 2.54 bits per heavy atom. The van der Waals surface area contributed by atoms with E-state index in [0.717, 1.165) is 6.26 Å². The van der Waals surface area contributed by atoms with Crippen LogP contribution in [0, 0.1) is 0 Å².